The first kappa shape index (κ1) is 10.6. The molecule has 5 nitrogen and oxygen atoms in total. The van der Waals surface area contributed by atoms with Crippen LogP contribution in [0.4, 0.5) is 0 Å². The number of rotatable bonds is 2. The molecule has 82 valence electrons. The summed E-state index contributed by atoms with van der Waals surface area (Å²) >= 11 is 3.31. The Morgan fingerprint density at radius 3 is 3.27 bits per heavy atom. The molecule has 0 spiro atoms. The molecule has 0 N–H and O–H groups in total. The lowest BCUT2D eigenvalue weighted by Gasteiger charge is -2.16. The molecule has 0 radical (unpaired) electrons. The highest BCUT2D eigenvalue weighted by molar-refractivity contribution is 9.10. The molecule has 0 bridgehead atoms. The van der Waals surface area contributed by atoms with E-state index in [0.717, 1.165) is 5.69 Å². The van der Waals surface area contributed by atoms with Crippen molar-refractivity contribution < 1.29 is 14.3 Å². The highest BCUT2D eigenvalue weighted by Gasteiger charge is 2.24. The van der Waals surface area contributed by atoms with E-state index in [4.69, 9.17) is 9.47 Å². The van der Waals surface area contributed by atoms with Gasteiger partial charge in [0, 0.05) is 6.54 Å². The van der Waals surface area contributed by atoms with Crippen LogP contribution in [-0.2, 0) is 22.6 Å². The number of aromatic nitrogens is 2. The van der Waals surface area contributed by atoms with Crippen molar-refractivity contribution in [3.8, 4) is 0 Å². The molecule has 0 aliphatic carbocycles. The monoisotopic (exact) mass is 274 g/mol. The molecule has 6 heteroatoms. The summed E-state index contributed by atoms with van der Waals surface area (Å²) in [4.78, 5) is 15.7. The maximum Gasteiger partial charge on any atom is 0.358 e. The fourth-order valence-corrected chi connectivity index (χ4v) is 2.09. The Kier molecular flexibility index (Phi) is 3.06. The van der Waals surface area contributed by atoms with Gasteiger partial charge in [0.15, 0.2) is 10.4 Å². The molecule has 0 aromatic carbocycles. The van der Waals surface area contributed by atoms with Crippen LogP contribution >= 0.6 is 15.9 Å². The fourth-order valence-electron chi connectivity index (χ4n) is 1.52. The van der Waals surface area contributed by atoms with Gasteiger partial charge in [0.1, 0.15) is 0 Å². The third kappa shape index (κ3) is 1.91. The van der Waals surface area contributed by atoms with Gasteiger partial charge < -0.3 is 14.0 Å². The SMILES string of the molecule is CCOC(=O)c1nc(Br)n2c1COCC2. The molecule has 0 saturated carbocycles. The van der Waals surface area contributed by atoms with Gasteiger partial charge in [0.25, 0.3) is 0 Å². The maximum atomic E-state index is 11.6. The molecule has 1 aliphatic heterocycles. The molecule has 15 heavy (non-hydrogen) atoms. The molecule has 1 aromatic rings. The van der Waals surface area contributed by atoms with Crippen LogP contribution in [0.1, 0.15) is 23.1 Å². The first-order valence-corrected chi connectivity index (χ1v) is 5.53. The molecule has 0 unspecified atom stereocenters. The lowest BCUT2D eigenvalue weighted by Crippen LogP contribution is -2.19. The lowest BCUT2D eigenvalue weighted by molar-refractivity contribution is 0.0499. The van der Waals surface area contributed by atoms with Crippen molar-refractivity contribution in [1.29, 1.82) is 0 Å². The summed E-state index contributed by atoms with van der Waals surface area (Å²) in [6.45, 7) is 3.88. The molecule has 2 heterocycles. The number of fused-ring (bicyclic) bond motifs is 1. The van der Waals surface area contributed by atoms with Gasteiger partial charge >= 0.3 is 5.97 Å². The number of hydrogen-bond acceptors (Lipinski definition) is 4. The third-order valence-corrected chi connectivity index (χ3v) is 2.80. The fraction of sp³-hybridized carbons (Fsp3) is 0.556. The van der Waals surface area contributed by atoms with E-state index in [2.05, 4.69) is 20.9 Å². The molecule has 0 saturated heterocycles. The van der Waals surface area contributed by atoms with Crippen molar-refractivity contribution in [3.05, 3.63) is 16.1 Å². The Morgan fingerprint density at radius 1 is 1.73 bits per heavy atom. The molecular weight excluding hydrogens is 264 g/mol. The van der Waals surface area contributed by atoms with Crippen molar-refractivity contribution in [1.82, 2.24) is 9.55 Å². The second-order valence-corrected chi connectivity index (χ2v) is 3.81. The summed E-state index contributed by atoms with van der Waals surface area (Å²) in [5, 5.41) is 0. The van der Waals surface area contributed by atoms with Crippen LogP contribution in [0.25, 0.3) is 0 Å². The van der Waals surface area contributed by atoms with Crippen molar-refractivity contribution in [2.45, 2.75) is 20.1 Å². The minimum atomic E-state index is -0.391. The maximum absolute atomic E-state index is 11.6. The van der Waals surface area contributed by atoms with Gasteiger partial charge in [-0.05, 0) is 22.9 Å². The Labute approximate surface area is 95.5 Å². The summed E-state index contributed by atoms with van der Waals surface area (Å²) in [6.07, 6.45) is 0. The number of nitrogens with zero attached hydrogens (tertiary/aromatic N) is 2. The van der Waals surface area contributed by atoms with Crippen molar-refractivity contribution in [2.24, 2.45) is 0 Å². The summed E-state index contributed by atoms with van der Waals surface area (Å²) in [5.41, 5.74) is 1.13. The van der Waals surface area contributed by atoms with Crippen molar-refractivity contribution in [3.63, 3.8) is 0 Å². The topological polar surface area (TPSA) is 53.3 Å². The molecule has 1 aliphatic rings. The minimum Gasteiger partial charge on any atom is -0.461 e. The molecule has 1 aromatic heterocycles. The number of imidazole rings is 1. The van der Waals surface area contributed by atoms with E-state index in [-0.39, 0.29) is 0 Å². The lowest BCUT2D eigenvalue weighted by atomic mass is 10.3. The molecule has 0 fully saturated rings. The number of halogens is 1. The summed E-state index contributed by atoms with van der Waals surface area (Å²) in [6, 6.07) is 0. The molecule has 2 rings (SSSR count). The van der Waals surface area contributed by atoms with E-state index in [9.17, 15) is 4.79 Å². The van der Waals surface area contributed by atoms with Crippen molar-refractivity contribution in [2.75, 3.05) is 13.2 Å². The zero-order valence-electron chi connectivity index (χ0n) is 8.33. The van der Waals surface area contributed by atoms with Crippen LogP contribution in [0.3, 0.4) is 0 Å². The minimum absolute atomic E-state index is 0.350. The molecular formula is C9H11BrN2O3. The number of esters is 1. The van der Waals surface area contributed by atoms with Crippen LogP contribution in [0.2, 0.25) is 0 Å². The quantitative estimate of drug-likeness (QED) is 0.764. The van der Waals surface area contributed by atoms with Gasteiger partial charge in [-0.3, -0.25) is 0 Å². The highest BCUT2D eigenvalue weighted by atomic mass is 79.9. The largest absolute Gasteiger partial charge is 0.461 e. The smallest absolute Gasteiger partial charge is 0.358 e. The van der Waals surface area contributed by atoms with Crippen LogP contribution < -0.4 is 0 Å². The van der Waals surface area contributed by atoms with Crippen LogP contribution in [0, 0.1) is 0 Å². The number of ether oxygens (including phenoxy) is 2. The first-order chi connectivity index (χ1) is 7.24. The van der Waals surface area contributed by atoms with Gasteiger partial charge in [-0.15, -0.1) is 0 Å². The van der Waals surface area contributed by atoms with E-state index in [1.807, 2.05) is 4.57 Å². The average molecular weight is 275 g/mol. The molecule has 0 amide bonds. The standard InChI is InChI=1S/C9H11BrN2O3/c1-2-15-8(13)7-6-5-14-4-3-12(6)9(10)11-7/h2-5H2,1H3. The third-order valence-electron chi connectivity index (χ3n) is 2.19. The van der Waals surface area contributed by atoms with E-state index in [1.54, 1.807) is 6.92 Å². The van der Waals surface area contributed by atoms with Crippen LogP contribution in [0.5, 0.6) is 0 Å². The zero-order chi connectivity index (χ0) is 10.8. The van der Waals surface area contributed by atoms with Gasteiger partial charge in [-0.1, -0.05) is 0 Å². The summed E-state index contributed by atoms with van der Waals surface area (Å²) in [7, 11) is 0. The number of carbonyl (C=O) groups is 1. The van der Waals surface area contributed by atoms with Gasteiger partial charge in [-0.25, -0.2) is 9.78 Å². The Morgan fingerprint density at radius 2 is 2.53 bits per heavy atom. The Balaban J connectivity index is 2.35. The Bertz CT molecular complexity index is 389. The van der Waals surface area contributed by atoms with E-state index in [0.29, 0.717) is 36.8 Å². The summed E-state index contributed by atoms with van der Waals surface area (Å²) < 4.78 is 12.8. The predicted octanol–water partition coefficient (Wildman–Crippen LogP) is 1.35. The second kappa shape index (κ2) is 4.32. The van der Waals surface area contributed by atoms with E-state index >= 15 is 0 Å². The van der Waals surface area contributed by atoms with Crippen molar-refractivity contribution >= 4 is 21.9 Å². The highest BCUT2D eigenvalue weighted by Crippen LogP contribution is 2.21. The van der Waals surface area contributed by atoms with E-state index in [1.165, 1.54) is 0 Å². The predicted molar refractivity (Wildman–Crippen MR) is 55.5 cm³/mol. The van der Waals surface area contributed by atoms with E-state index < -0.39 is 5.97 Å². The second-order valence-electron chi connectivity index (χ2n) is 3.10. The average Bonchev–Trinajstić information content (AvgIpc) is 2.58. The summed E-state index contributed by atoms with van der Waals surface area (Å²) in [5.74, 6) is -0.391. The van der Waals surface area contributed by atoms with Crippen LogP contribution in [0.15, 0.2) is 4.73 Å². The normalized spacial score (nSPS) is 14.8. The van der Waals surface area contributed by atoms with Gasteiger partial charge in [0.05, 0.1) is 25.5 Å². The zero-order valence-corrected chi connectivity index (χ0v) is 9.91. The van der Waals surface area contributed by atoms with Gasteiger partial charge in [0.2, 0.25) is 0 Å². The van der Waals surface area contributed by atoms with Crippen LogP contribution in [-0.4, -0.2) is 28.7 Å². The number of carbonyl (C=O) groups excluding carboxylic acids is 1. The first-order valence-electron chi connectivity index (χ1n) is 4.73. The van der Waals surface area contributed by atoms with Gasteiger partial charge in [-0.2, -0.15) is 0 Å². The number of hydrogen-bond donors (Lipinski definition) is 0. The molecule has 0 atom stereocenters. The Hall–Kier alpha value is -0.880.